The van der Waals surface area contributed by atoms with Gasteiger partial charge >= 0.3 is 0 Å². The van der Waals surface area contributed by atoms with Crippen molar-refractivity contribution in [3.8, 4) is 0 Å². The highest BCUT2D eigenvalue weighted by Crippen LogP contribution is 2.26. The largest absolute Gasteiger partial charge is 0.385 e. The first kappa shape index (κ1) is 14.9. The molecule has 2 rings (SSSR count). The molecule has 1 aliphatic rings. The van der Waals surface area contributed by atoms with E-state index in [1.165, 1.54) is 12.8 Å². The molecule has 110 valence electrons. The molecule has 1 fully saturated rings. The van der Waals surface area contributed by atoms with E-state index in [0.717, 1.165) is 42.7 Å². The van der Waals surface area contributed by atoms with Gasteiger partial charge in [0, 0.05) is 30.4 Å². The van der Waals surface area contributed by atoms with Crippen LogP contribution in [0, 0.1) is 6.92 Å². The van der Waals surface area contributed by atoms with Crippen LogP contribution < -0.4 is 5.32 Å². The van der Waals surface area contributed by atoms with Gasteiger partial charge in [-0.15, -0.1) is 0 Å². The van der Waals surface area contributed by atoms with E-state index in [2.05, 4.69) is 30.1 Å². The first-order valence-corrected chi connectivity index (χ1v) is 7.82. The van der Waals surface area contributed by atoms with Crippen molar-refractivity contribution >= 4 is 11.6 Å². The van der Waals surface area contributed by atoms with E-state index in [-0.39, 0.29) is 5.91 Å². The fraction of sp³-hybridized carbons (Fsp3) is 0.588. The smallest absolute Gasteiger partial charge is 0.254 e. The lowest BCUT2D eigenvalue weighted by Gasteiger charge is -2.28. The molecule has 1 aliphatic carbocycles. The van der Waals surface area contributed by atoms with E-state index in [0.29, 0.717) is 6.04 Å². The van der Waals surface area contributed by atoms with Gasteiger partial charge in [-0.1, -0.05) is 12.8 Å². The Kier molecular flexibility index (Phi) is 5.05. The molecule has 1 aromatic rings. The van der Waals surface area contributed by atoms with Gasteiger partial charge in [0.15, 0.2) is 0 Å². The molecule has 3 nitrogen and oxygen atoms in total. The molecule has 0 atom stereocenters. The lowest BCUT2D eigenvalue weighted by Crippen LogP contribution is -2.38. The summed E-state index contributed by atoms with van der Waals surface area (Å²) < 4.78 is 0. The zero-order valence-corrected chi connectivity index (χ0v) is 12.9. The van der Waals surface area contributed by atoms with Crippen LogP contribution in [0.3, 0.4) is 0 Å². The average Bonchev–Trinajstić information content (AvgIpc) is 2.94. The predicted octanol–water partition coefficient (Wildman–Crippen LogP) is 3.83. The number of carbonyl (C=O) groups is 1. The molecular formula is C17H26N2O. The third kappa shape index (κ3) is 3.14. The molecule has 1 N–H and O–H groups in total. The van der Waals surface area contributed by atoms with E-state index in [4.69, 9.17) is 0 Å². The maximum absolute atomic E-state index is 12.8. The Morgan fingerprint density at radius 2 is 2.00 bits per heavy atom. The van der Waals surface area contributed by atoms with Crippen LogP contribution in [0.1, 0.15) is 55.5 Å². The number of rotatable bonds is 5. The number of hydrogen-bond donors (Lipinski definition) is 1. The highest BCUT2D eigenvalue weighted by Gasteiger charge is 2.26. The summed E-state index contributed by atoms with van der Waals surface area (Å²) in [5.74, 6) is 0.194. The summed E-state index contributed by atoms with van der Waals surface area (Å²) in [6.45, 7) is 7.89. The molecule has 0 radical (unpaired) electrons. The van der Waals surface area contributed by atoms with Crippen molar-refractivity contribution in [3.63, 3.8) is 0 Å². The third-order valence-electron chi connectivity index (χ3n) is 4.20. The van der Waals surface area contributed by atoms with Gasteiger partial charge in [-0.3, -0.25) is 4.79 Å². The average molecular weight is 274 g/mol. The summed E-state index contributed by atoms with van der Waals surface area (Å²) in [5, 5.41) is 3.29. The van der Waals surface area contributed by atoms with Gasteiger partial charge in [-0.05, 0) is 57.4 Å². The summed E-state index contributed by atoms with van der Waals surface area (Å²) >= 11 is 0. The summed E-state index contributed by atoms with van der Waals surface area (Å²) in [4.78, 5) is 14.8. The SMILES string of the molecule is CCNc1ccc(C(=O)N(CC)C2CCCC2)c(C)c1. The second-order valence-electron chi connectivity index (χ2n) is 5.59. The number of aryl methyl sites for hydroxylation is 1. The van der Waals surface area contributed by atoms with Crippen LogP contribution in [0.25, 0.3) is 0 Å². The number of amides is 1. The molecule has 0 bridgehead atoms. The molecule has 1 saturated carbocycles. The van der Waals surface area contributed by atoms with E-state index < -0.39 is 0 Å². The zero-order chi connectivity index (χ0) is 14.5. The lowest BCUT2D eigenvalue weighted by atomic mass is 10.0. The topological polar surface area (TPSA) is 32.3 Å². The van der Waals surface area contributed by atoms with E-state index in [1.54, 1.807) is 0 Å². The van der Waals surface area contributed by atoms with E-state index in [1.807, 2.05) is 19.1 Å². The number of hydrogen-bond acceptors (Lipinski definition) is 2. The molecule has 0 unspecified atom stereocenters. The fourth-order valence-electron chi connectivity index (χ4n) is 3.16. The highest BCUT2D eigenvalue weighted by atomic mass is 16.2. The molecule has 0 spiro atoms. The van der Waals surface area contributed by atoms with Crippen LogP contribution in [0.5, 0.6) is 0 Å². The monoisotopic (exact) mass is 274 g/mol. The third-order valence-corrected chi connectivity index (χ3v) is 4.20. The zero-order valence-electron chi connectivity index (χ0n) is 12.9. The van der Waals surface area contributed by atoms with Gasteiger partial charge < -0.3 is 10.2 Å². The van der Waals surface area contributed by atoms with E-state index >= 15 is 0 Å². The standard InChI is InChI=1S/C17H26N2O/c1-4-18-14-10-11-16(13(3)12-14)17(20)19(5-2)15-8-6-7-9-15/h10-12,15,18H,4-9H2,1-3H3. The Morgan fingerprint density at radius 1 is 1.30 bits per heavy atom. The summed E-state index contributed by atoms with van der Waals surface area (Å²) in [7, 11) is 0. The molecule has 3 heteroatoms. The molecule has 1 aromatic carbocycles. The number of carbonyl (C=O) groups excluding carboxylic acids is 1. The molecule has 0 heterocycles. The second kappa shape index (κ2) is 6.78. The van der Waals surface area contributed by atoms with Crippen molar-refractivity contribution in [2.75, 3.05) is 18.4 Å². The van der Waals surface area contributed by atoms with Crippen molar-refractivity contribution < 1.29 is 4.79 Å². The van der Waals surface area contributed by atoms with E-state index in [9.17, 15) is 4.79 Å². The molecule has 0 aromatic heterocycles. The normalized spacial score (nSPS) is 15.3. The number of anilines is 1. The molecule has 1 amide bonds. The summed E-state index contributed by atoms with van der Waals surface area (Å²) in [6.07, 6.45) is 4.84. The van der Waals surface area contributed by atoms with Gasteiger partial charge in [0.2, 0.25) is 0 Å². The van der Waals surface area contributed by atoms with Crippen molar-refractivity contribution in [1.29, 1.82) is 0 Å². The predicted molar refractivity (Wildman–Crippen MR) is 84.3 cm³/mol. The van der Waals surface area contributed by atoms with Crippen molar-refractivity contribution in [1.82, 2.24) is 4.90 Å². The fourth-order valence-corrected chi connectivity index (χ4v) is 3.16. The van der Waals surface area contributed by atoms with Crippen LogP contribution >= 0.6 is 0 Å². The van der Waals surface area contributed by atoms with Crippen molar-refractivity contribution in [2.45, 2.75) is 52.5 Å². The maximum atomic E-state index is 12.8. The molecular weight excluding hydrogens is 248 g/mol. The van der Waals surface area contributed by atoms with Crippen LogP contribution in [0.4, 0.5) is 5.69 Å². The Balaban J connectivity index is 2.18. The quantitative estimate of drug-likeness (QED) is 0.885. The molecule has 20 heavy (non-hydrogen) atoms. The second-order valence-corrected chi connectivity index (χ2v) is 5.59. The van der Waals surface area contributed by atoms with Gasteiger partial charge in [0.1, 0.15) is 0 Å². The lowest BCUT2D eigenvalue weighted by molar-refractivity contribution is 0.0693. The van der Waals surface area contributed by atoms with Crippen molar-refractivity contribution in [2.24, 2.45) is 0 Å². The number of nitrogens with one attached hydrogen (secondary N) is 1. The first-order valence-electron chi connectivity index (χ1n) is 7.82. The minimum Gasteiger partial charge on any atom is -0.385 e. The van der Waals surface area contributed by atoms with Gasteiger partial charge in [-0.25, -0.2) is 0 Å². The van der Waals surface area contributed by atoms with Crippen LogP contribution in [0.2, 0.25) is 0 Å². The highest BCUT2D eigenvalue weighted by molar-refractivity contribution is 5.96. The summed E-state index contributed by atoms with van der Waals surface area (Å²) in [5.41, 5.74) is 3.00. The Labute approximate surface area is 122 Å². The van der Waals surface area contributed by atoms with Gasteiger partial charge in [0.25, 0.3) is 5.91 Å². The minimum absolute atomic E-state index is 0.194. The Morgan fingerprint density at radius 3 is 2.55 bits per heavy atom. The Bertz CT molecular complexity index is 464. The minimum atomic E-state index is 0.194. The van der Waals surface area contributed by atoms with Gasteiger partial charge in [0.05, 0.1) is 0 Å². The van der Waals surface area contributed by atoms with Crippen LogP contribution in [-0.4, -0.2) is 29.9 Å². The number of nitrogens with zero attached hydrogens (tertiary/aromatic N) is 1. The molecule has 0 aliphatic heterocycles. The van der Waals surface area contributed by atoms with Gasteiger partial charge in [-0.2, -0.15) is 0 Å². The summed E-state index contributed by atoms with van der Waals surface area (Å²) in [6, 6.07) is 6.49. The van der Waals surface area contributed by atoms with Crippen LogP contribution in [-0.2, 0) is 0 Å². The van der Waals surface area contributed by atoms with Crippen LogP contribution in [0.15, 0.2) is 18.2 Å². The maximum Gasteiger partial charge on any atom is 0.254 e. The Hall–Kier alpha value is -1.51. The first-order chi connectivity index (χ1) is 9.67. The molecule has 0 saturated heterocycles. The van der Waals surface area contributed by atoms with Crippen molar-refractivity contribution in [3.05, 3.63) is 29.3 Å². The number of benzene rings is 1.